The third kappa shape index (κ3) is 3.08. The molecule has 0 spiro atoms. The summed E-state index contributed by atoms with van der Waals surface area (Å²) in [6.07, 6.45) is 0. The molecule has 0 radical (unpaired) electrons. The molecule has 2 aromatic rings. The summed E-state index contributed by atoms with van der Waals surface area (Å²) in [7, 11) is 0. The number of aliphatic hydroxyl groups is 1. The molecule has 2 rings (SSSR count). The molecule has 3 heteroatoms. The van der Waals surface area contributed by atoms with Gasteiger partial charge in [-0.15, -0.1) is 0 Å². The van der Waals surface area contributed by atoms with Crippen LogP contribution in [0.15, 0.2) is 42.5 Å². The molecule has 0 aliphatic heterocycles. The Morgan fingerprint density at radius 2 is 1.72 bits per heavy atom. The first-order chi connectivity index (χ1) is 8.69. The monoisotopic (exact) mass is 246 g/mol. The van der Waals surface area contributed by atoms with Crippen LogP contribution in [0.25, 0.3) is 0 Å². The molecule has 0 unspecified atom stereocenters. The largest absolute Gasteiger partial charge is 0.486 e. The van der Waals surface area contributed by atoms with Crippen molar-refractivity contribution in [3.05, 3.63) is 65.0 Å². The first-order valence-electron chi connectivity index (χ1n) is 5.76. The van der Waals surface area contributed by atoms with E-state index in [1.807, 2.05) is 31.2 Å². The van der Waals surface area contributed by atoms with E-state index in [9.17, 15) is 4.39 Å². The Labute approximate surface area is 106 Å². The molecular weight excluding hydrogens is 231 g/mol. The minimum Gasteiger partial charge on any atom is -0.486 e. The number of ether oxygens (including phenoxy) is 1. The third-order valence-electron chi connectivity index (χ3n) is 2.69. The molecule has 94 valence electrons. The quantitative estimate of drug-likeness (QED) is 0.897. The molecule has 0 atom stereocenters. The highest BCUT2D eigenvalue weighted by Gasteiger charge is 2.03. The van der Waals surface area contributed by atoms with Crippen molar-refractivity contribution >= 4 is 0 Å². The molecule has 18 heavy (non-hydrogen) atoms. The van der Waals surface area contributed by atoms with Gasteiger partial charge in [-0.3, -0.25) is 0 Å². The zero-order chi connectivity index (χ0) is 13.0. The Balaban J connectivity index is 2.04. The van der Waals surface area contributed by atoms with E-state index in [2.05, 4.69) is 0 Å². The average molecular weight is 246 g/mol. The molecule has 0 amide bonds. The summed E-state index contributed by atoms with van der Waals surface area (Å²) in [6, 6.07) is 12.2. The predicted octanol–water partition coefficient (Wildman–Crippen LogP) is 3.21. The number of aryl methyl sites for hydroxylation is 1. The summed E-state index contributed by atoms with van der Waals surface area (Å²) in [5.41, 5.74) is 2.75. The van der Waals surface area contributed by atoms with Gasteiger partial charge in [-0.25, -0.2) is 4.39 Å². The molecule has 0 fully saturated rings. The maximum Gasteiger partial charge on any atom is 0.165 e. The highest BCUT2D eigenvalue weighted by molar-refractivity contribution is 5.30. The summed E-state index contributed by atoms with van der Waals surface area (Å²) in [6.45, 7) is 2.22. The fourth-order valence-electron chi connectivity index (χ4n) is 1.62. The van der Waals surface area contributed by atoms with Crippen molar-refractivity contribution in [1.29, 1.82) is 0 Å². The molecule has 0 saturated heterocycles. The van der Waals surface area contributed by atoms with Crippen molar-refractivity contribution < 1.29 is 14.2 Å². The fourth-order valence-corrected chi connectivity index (χ4v) is 1.62. The molecule has 0 aromatic heterocycles. The summed E-state index contributed by atoms with van der Waals surface area (Å²) in [5, 5.41) is 8.92. The molecule has 0 bridgehead atoms. The lowest BCUT2D eigenvalue weighted by molar-refractivity contribution is 0.280. The fraction of sp³-hybridized carbons (Fsp3) is 0.200. The number of hydrogen-bond acceptors (Lipinski definition) is 2. The molecule has 0 aliphatic rings. The molecule has 0 heterocycles. The lowest BCUT2D eigenvalue weighted by atomic mass is 10.1. The standard InChI is InChI=1S/C15H15FO2/c1-11-2-7-14(16)15(8-11)18-10-13-5-3-12(9-17)4-6-13/h2-8,17H,9-10H2,1H3. The van der Waals surface area contributed by atoms with Gasteiger partial charge in [0.15, 0.2) is 11.6 Å². The number of halogens is 1. The lowest BCUT2D eigenvalue weighted by Crippen LogP contribution is -1.98. The van der Waals surface area contributed by atoms with Gasteiger partial charge >= 0.3 is 0 Å². The Hall–Kier alpha value is -1.87. The Bertz CT molecular complexity index is 521. The highest BCUT2D eigenvalue weighted by Crippen LogP contribution is 2.19. The minimum atomic E-state index is -0.354. The third-order valence-corrected chi connectivity index (χ3v) is 2.69. The van der Waals surface area contributed by atoms with Crippen molar-refractivity contribution in [3.8, 4) is 5.75 Å². The maximum atomic E-state index is 13.4. The van der Waals surface area contributed by atoms with Crippen LogP contribution in [0, 0.1) is 12.7 Å². The van der Waals surface area contributed by atoms with Crippen molar-refractivity contribution in [2.45, 2.75) is 20.1 Å². The van der Waals surface area contributed by atoms with Gasteiger partial charge in [0.1, 0.15) is 6.61 Å². The number of benzene rings is 2. The number of rotatable bonds is 4. The van der Waals surface area contributed by atoms with Gasteiger partial charge in [0.25, 0.3) is 0 Å². The van der Waals surface area contributed by atoms with Gasteiger partial charge in [-0.2, -0.15) is 0 Å². The van der Waals surface area contributed by atoms with E-state index in [4.69, 9.17) is 9.84 Å². The van der Waals surface area contributed by atoms with Crippen LogP contribution in [0.5, 0.6) is 5.75 Å². The zero-order valence-corrected chi connectivity index (χ0v) is 10.2. The van der Waals surface area contributed by atoms with E-state index in [1.54, 1.807) is 12.1 Å². The van der Waals surface area contributed by atoms with Crippen molar-refractivity contribution in [2.75, 3.05) is 0 Å². The van der Waals surface area contributed by atoms with Gasteiger partial charge in [-0.05, 0) is 35.7 Å². The second kappa shape index (κ2) is 5.65. The van der Waals surface area contributed by atoms with Crippen LogP contribution in [-0.4, -0.2) is 5.11 Å². The highest BCUT2D eigenvalue weighted by atomic mass is 19.1. The molecule has 0 aliphatic carbocycles. The lowest BCUT2D eigenvalue weighted by Gasteiger charge is -2.08. The molecular formula is C15H15FO2. The van der Waals surface area contributed by atoms with Crippen LogP contribution < -0.4 is 4.74 Å². The van der Waals surface area contributed by atoms with Crippen LogP contribution in [-0.2, 0) is 13.2 Å². The second-order valence-corrected chi connectivity index (χ2v) is 4.20. The summed E-state index contributed by atoms with van der Waals surface area (Å²) < 4.78 is 18.9. The first-order valence-corrected chi connectivity index (χ1v) is 5.76. The van der Waals surface area contributed by atoms with E-state index >= 15 is 0 Å². The van der Waals surface area contributed by atoms with Crippen molar-refractivity contribution in [2.24, 2.45) is 0 Å². The van der Waals surface area contributed by atoms with Crippen LogP contribution in [0.2, 0.25) is 0 Å². The van der Waals surface area contributed by atoms with Crippen molar-refractivity contribution in [3.63, 3.8) is 0 Å². The topological polar surface area (TPSA) is 29.5 Å². The van der Waals surface area contributed by atoms with E-state index in [0.717, 1.165) is 16.7 Å². The van der Waals surface area contributed by atoms with Gasteiger partial charge in [0, 0.05) is 0 Å². The molecule has 1 N–H and O–H groups in total. The van der Waals surface area contributed by atoms with Crippen LogP contribution in [0.3, 0.4) is 0 Å². The smallest absolute Gasteiger partial charge is 0.165 e. The number of aliphatic hydroxyl groups excluding tert-OH is 1. The summed E-state index contributed by atoms with van der Waals surface area (Å²) in [5.74, 6) is -0.0891. The van der Waals surface area contributed by atoms with Crippen molar-refractivity contribution in [1.82, 2.24) is 0 Å². The Kier molecular flexibility index (Phi) is 3.95. The van der Waals surface area contributed by atoms with E-state index in [0.29, 0.717) is 6.61 Å². The Morgan fingerprint density at radius 3 is 2.39 bits per heavy atom. The first kappa shape index (κ1) is 12.6. The minimum absolute atomic E-state index is 0.0215. The van der Waals surface area contributed by atoms with Crippen LogP contribution >= 0.6 is 0 Å². The van der Waals surface area contributed by atoms with Crippen LogP contribution in [0.4, 0.5) is 4.39 Å². The summed E-state index contributed by atoms with van der Waals surface area (Å²) >= 11 is 0. The van der Waals surface area contributed by atoms with E-state index in [-0.39, 0.29) is 18.2 Å². The average Bonchev–Trinajstić information content (AvgIpc) is 2.40. The SMILES string of the molecule is Cc1ccc(F)c(OCc2ccc(CO)cc2)c1. The molecule has 2 nitrogen and oxygen atoms in total. The van der Waals surface area contributed by atoms with E-state index in [1.165, 1.54) is 6.07 Å². The van der Waals surface area contributed by atoms with Gasteiger partial charge < -0.3 is 9.84 Å². The summed E-state index contributed by atoms with van der Waals surface area (Å²) in [4.78, 5) is 0. The predicted molar refractivity (Wildman–Crippen MR) is 67.8 cm³/mol. The van der Waals surface area contributed by atoms with Gasteiger partial charge in [0.05, 0.1) is 6.61 Å². The van der Waals surface area contributed by atoms with Gasteiger partial charge in [0.2, 0.25) is 0 Å². The second-order valence-electron chi connectivity index (χ2n) is 4.20. The Morgan fingerprint density at radius 1 is 1.06 bits per heavy atom. The van der Waals surface area contributed by atoms with Gasteiger partial charge in [-0.1, -0.05) is 30.3 Å². The van der Waals surface area contributed by atoms with E-state index < -0.39 is 0 Å². The molecule has 0 saturated carbocycles. The number of hydrogen-bond donors (Lipinski definition) is 1. The zero-order valence-electron chi connectivity index (χ0n) is 10.2. The van der Waals surface area contributed by atoms with Crippen LogP contribution in [0.1, 0.15) is 16.7 Å². The molecule has 2 aromatic carbocycles. The normalized spacial score (nSPS) is 10.4. The maximum absolute atomic E-state index is 13.4.